The lowest BCUT2D eigenvalue weighted by Gasteiger charge is -2.32. The molecule has 1 aliphatic carbocycles. The van der Waals surface area contributed by atoms with Crippen molar-refractivity contribution >= 4 is 23.2 Å². The molecule has 1 aromatic carbocycles. The van der Waals surface area contributed by atoms with Crippen LogP contribution >= 0.6 is 23.2 Å². The molecule has 0 heterocycles. The molecule has 0 amide bonds. The van der Waals surface area contributed by atoms with Crippen LogP contribution in [0, 0.1) is 11.8 Å². The molecule has 106 valence electrons. The lowest BCUT2D eigenvalue weighted by molar-refractivity contribution is 0.238. The Morgan fingerprint density at radius 1 is 1.21 bits per heavy atom. The van der Waals surface area contributed by atoms with E-state index in [2.05, 4.69) is 6.92 Å². The summed E-state index contributed by atoms with van der Waals surface area (Å²) in [7, 11) is 0. The topological polar surface area (TPSA) is 26.0 Å². The van der Waals surface area contributed by atoms with E-state index < -0.39 is 0 Å². The summed E-state index contributed by atoms with van der Waals surface area (Å²) in [6.07, 6.45) is 7.33. The molecule has 19 heavy (non-hydrogen) atoms. The minimum absolute atomic E-state index is 0.203. The summed E-state index contributed by atoms with van der Waals surface area (Å²) in [6.45, 7) is 2.29. The zero-order chi connectivity index (χ0) is 13.8. The van der Waals surface area contributed by atoms with Gasteiger partial charge in [-0.15, -0.1) is 0 Å². The summed E-state index contributed by atoms with van der Waals surface area (Å²) in [5, 5.41) is 1.29. The van der Waals surface area contributed by atoms with Crippen LogP contribution in [0.2, 0.25) is 10.0 Å². The van der Waals surface area contributed by atoms with Crippen molar-refractivity contribution in [3.63, 3.8) is 0 Å². The fourth-order valence-corrected chi connectivity index (χ4v) is 3.55. The van der Waals surface area contributed by atoms with Crippen molar-refractivity contribution in [1.82, 2.24) is 0 Å². The van der Waals surface area contributed by atoms with Crippen LogP contribution in [0.4, 0.5) is 0 Å². The molecule has 1 aromatic rings. The summed E-state index contributed by atoms with van der Waals surface area (Å²) >= 11 is 12.3. The minimum Gasteiger partial charge on any atom is -0.327 e. The smallest absolute Gasteiger partial charge is 0.0624 e. The second-order valence-corrected chi connectivity index (χ2v) is 6.56. The first-order valence-corrected chi connectivity index (χ1v) is 8.05. The summed E-state index contributed by atoms with van der Waals surface area (Å²) in [4.78, 5) is 0. The molecule has 1 fully saturated rings. The Hall–Kier alpha value is -0.240. The van der Waals surface area contributed by atoms with Crippen molar-refractivity contribution in [3.05, 3.63) is 33.8 Å². The summed E-state index contributed by atoms with van der Waals surface area (Å²) in [5.41, 5.74) is 7.47. The maximum Gasteiger partial charge on any atom is 0.0624 e. The number of hydrogen-bond donors (Lipinski definition) is 1. The summed E-state index contributed by atoms with van der Waals surface area (Å²) < 4.78 is 0. The maximum atomic E-state index is 6.38. The van der Waals surface area contributed by atoms with Gasteiger partial charge in [-0.05, 0) is 42.7 Å². The van der Waals surface area contributed by atoms with Gasteiger partial charge in [0, 0.05) is 6.04 Å². The Morgan fingerprint density at radius 3 is 2.53 bits per heavy atom. The first kappa shape index (κ1) is 15.2. The van der Waals surface area contributed by atoms with Gasteiger partial charge in [-0.1, -0.05) is 61.5 Å². The number of halogens is 2. The molecule has 1 unspecified atom stereocenters. The molecule has 1 saturated carbocycles. The van der Waals surface area contributed by atoms with E-state index in [0.29, 0.717) is 16.0 Å². The van der Waals surface area contributed by atoms with Crippen molar-refractivity contribution in [3.8, 4) is 0 Å². The molecule has 1 aliphatic rings. The molecule has 0 spiro atoms. The van der Waals surface area contributed by atoms with Gasteiger partial charge in [0.25, 0.3) is 0 Å². The van der Waals surface area contributed by atoms with Crippen molar-refractivity contribution in [2.45, 2.75) is 51.5 Å². The first-order valence-electron chi connectivity index (χ1n) is 7.30. The summed E-state index contributed by atoms with van der Waals surface area (Å²) in [5.74, 6) is 1.55. The predicted octanol–water partition coefficient (Wildman–Crippen LogP) is 5.08. The Kier molecular flexibility index (Phi) is 5.56. The van der Waals surface area contributed by atoms with Crippen LogP contribution in [0.1, 0.15) is 44.6 Å². The van der Waals surface area contributed by atoms with Gasteiger partial charge in [0.2, 0.25) is 0 Å². The normalized spacial score (nSPS) is 25.3. The highest BCUT2D eigenvalue weighted by atomic mass is 35.5. The SMILES string of the molecule is CCC1CCC(C(N)Cc2cccc(Cl)c2Cl)CC1. The molecule has 1 nitrogen and oxygen atoms in total. The van der Waals surface area contributed by atoms with Crippen molar-refractivity contribution in [2.75, 3.05) is 0 Å². The van der Waals surface area contributed by atoms with E-state index in [1.54, 1.807) is 0 Å². The number of hydrogen-bond acceptors (Lipinski definition) is 1. The zero-order valence-corrected chi connectivity index (χ0v) is 13.1. The van der Waals surface area contributed by atoms with E-state index in [4.69, 9.17) is 28.9 Å². The number of rotatable bonds is 4. The third-order valence-corrected chi connectivity index (χ3v) is 5.42. The van der Waals surface area contributed by atoms with Crippen molar-refractivity contribution in [1.29, 1.82) is 0 Å². The predicted molar refractivity (Wildman–Crippen MR) is 83.9 cm³/mol. The first-order chi connectivity index (χ1) is 9.11. The van der Waals surface area contributed by atoms with Crippen LogP contribution in [-0.2, 0) is 6.42 Å². The second-order valence-electron chi connectivity index (χ2n) is 5.77. The quantitative estimate of drug-likeness (QED) is 0.824. The standard InChI is InChI=1S/C16H23Cl2N/c1-2-11-6-8-12(9-7-11)15(19)10-13-4-3-5-14(17)16(13)18/h3-5,11-12,15H,2,6-10,19H2,1H3. The van der Waals surface area contributed by atoms with Crippen molar-refractivity contribution < 1.29 is 0 Å². The van der Waals surface area contributed by atoms with Crippen LogP contribution in [0.15, 0.2) is 18.2 Å². The minimum atomic E-state index is 0.203. The van der Waals surface area contributed by atoms with E-state index in [-0.39, 0.29) is 6.04 Å². The maximum absolute atomic E-state index is 6.38. The monoisotopic (exact) mass is 299 g/mol. The number of nitrogens with two attached hydrogens (primary N) is 1. The fraction of sp³-hybridized carbons (Fsp3) is 0.625. The highest BCUT2D eigenvalue weighted by molar-refractivity contribution is 6.42. The van der Waals surface area contributed by atoms with Gasteiger partial charge in [0.05, 0.1) is 10.0 Å². The molecule has 0 saturated heterocycles. The molecule has 3 heteroatoms. The van der Waals surface area contributed by atoms with Gasteiger partial charge in [-0.2, -0.15) is 0 Å². The molecule has 2 N–H and O–H groups in total. The van der Waals surface area contributed by atoms with Crippen LogP contribution < -0.4 is 5.73 Å². The van der Waals surface area contributed by atoms with Crippen LogP contribution in [0.5, 0.6) is 0 Å². The Balaban J connectivity index is 1.94. The van der Waals surface area contributed by atoms with E-state index >= 15 is 0 Å². The van der Waals surface area contributed by atoms with Crippen LogP contribution in [0.3, 0.4) is 0 Å². The Bertz CT molecular complexity index is 411. The van der Waals surface area contributed by atoms with Crippen LogP contribution in [-0.4, -0.2) is 6.04 Å². The molecular weight excluding hydrogens is 277 g/mol. The average molecular weight is 300 g/mol. The molecule has 0 bridgehead atoms. The Morgan fingerprint density at radius 2 is 1.89 bits per heavy atom. The molecule has 2 rings (SSSR count). The van der Waals surface area contributed by atoms with Crippen molar-refractivity contribution in [2.24, 2.45) is 17.6 Å². The highest BCUT2D eigenvalue weighted by Gasteiger charge is 2.25. The van der Waals surface area contributed by atoms with E-state index in [9.17, 15) is 0 Å². The largest absolute Gasteiger partial charge is 0.327 e. The fourth-order valence-electron chi connectivity index (χ4n) is 3.15. The molecular formula is C16H23Cl2N. The second kappa shape index (κ2) is 6.97. The molecule has 0 radical (unpaired) electrons. The highest BCUT2D eigenvalue weighted by Crippen LogP contribution is 2.34. The molecule has 0 aromatic heterocycles. The Labute approximate surface area is 126 Å². The van der Waals surface area contributed by atoms with Gasteiger partial charge < -0.3 is 5.73 Å². The summed E-state index contributed by atoms with van der Waals surface area (Å²) in [6, 6.07) is 6.01. The third kappa shape index (κ3) is 3.87. The van der Waals surface area contributed by atoms with E-state index in [0.717, 1.165) is 17.9 Å². The van der Waals surface area contributed by atoms with E-state index in [1.165, 1.54) is 32.1 Å². The van der Waals surface area contributed by atoms with E-state index in [1.807, 2.05) is 18.2 Å². The van der Waals surface area contributed by atoms with Gasteiger partial charge in [-0.3, -0.25) is 0 Å². The number of benzene rings is 1. The molecule has 1 atom stereocenters. The third-order valence-electron chi connectivity index (χ3n) is 4.56. The lowest BCUT2D eigenvalue weighted by Crippen LogP contribution is -2.35. The van der Waals surface area contributed by atoms with Gasteiger partial charge >= 0.3 is 0 Å². The van der Waals surface area contributed by atoms with Gasteiger partial charge in [-0.25, -0.2) is 0 Å². The molecule has 0 aliphatic heterocycles. The average Bonchev–Trinajstić information content (AvgIpc) is 2.44. The lowest BCUT2D eigenvalue weighted by atomic mass is 9.76. The van der Waals surface area contributed by atoms with Crippen LogP contribution in [0.25, 0.3) is 0 Å². The van der Waals surface area contributed by atoms with Gasteiger partial charge in [0.15, 0.2) is 0 Å². The zero-order valence-electron chi connectivity index (χ0n) is 11.5. The van der Waals surface area contributed by atoms with Gasteiger partial charge in [0.1, 0.15) is 0 Å².